The van der Waals surface area contributed by atoms with Gasteiger partial charge < -0.3 is 10.0 Å². The molecular weight excluding hydrogens is 300 g/mol. The van der Waals surface area contributed by atoms with Gasteiger partial charge >= 0.3 is 5.97 Å². The normalized spacial score (nSPS) is 16.2. The zero-order valence-electron chi connectivity index (χ0n) is 13.6. The quantitative estimate of drug-likeness (QED) is 0.803. The topological polar surface area (TPSA) is 105 Å². The number of nitrogens with one attached hydrogen (secondary N) is 1. The molecule has 1 aromatic rings. The molecule has 0 radical (unpaired) electrons. The molecule has 1 fully saturated rings. The highest BCUT2D eigenvalue weighted by Gasteiger charge is 2.27. The minimum absolute atomic E-state index is 0.0577. The fraction of sp³-hybridized carbons (Fsp3) is 0.600. The van der Waals surface area contributed by atoms with E-state index in [2.05, 4.69) is 15.4 Å². The zero-order chi connectivity index (χ0) is 17.0. The first-order valence-electron chi connectivity index (χ1n) is 7.54. The van der Waals surface area contributed by atoms with Gasteiger partial charge in [-0.1, -0.05) is 0 Å². The van der Waals surface area contributed by atoms with Gasteiger partial charge in [0.15, 0.2) is 0 Å². The SMILES string of the molecule is CC(C)(C)ONC(=O)C1CCN(c2ncc(C(=O)O)cn2)CC1. The van der Waals surface area contributed by atoms with Crippen molar-refractivity contribution in [3.05, 3.63) is 18.0 Å². The molecule has 8 nitrogen and oxygen atoms in total. The van der Waals surface area contributed by atoms with Gasteiger partial charge in [0, 0.05) is 31.4 Å². The van der Waals surface area contributed by atoms with Gasteiger partial charge in [0.25, 0.3) is 0 Å². The molecule has 23 heavy (non-hydrogen) atoms. The Morgan fingerprint density at radius 1 is 1.26 bits per heavy atom. The molecule has 2 heterocycles. The lowest BCUT2D eigenvalue weighted by molar-refractivity contribution is -0.150. The van der Waals surface area contributed by atoms with Crippen molar-refractivity contribution in [2.75, 3.05) is 18.0 Å². The molecule has 2 N–H and O–H groups in total. The fourth-order valence-electron chi connectivity index (χ4n) is 2.22. The second-order valence-electron chi connectivity index (χ2n) is 6.52. The number of amides is 1. The average Bonchev–Trinajstić information content (AvgIpc) is 2.52. The maximum atomic E-state index is 12.1. The van der Waals surface area contributed by atoms with Crippen molar-refractivity contribution in [2.45, 2.75) is 39.2 Å². The van der Waals surface area contributed by atoms with Gasteiger partial charge in [0.2, 0.25) is 11.9 Å². The maximum absolute atomic E-state index is 12.1. The number of hydroxylamine groups is 1. The number of rotatable bonds is 4. The molecule has 1 saturated heterocycles. The molecule has 8 heteroatoms. The summed E-state index contributed by atoms with van der Waals surface area (Å²) in [6.07, 6.45) is 3.92. The number of nitrogens with zero attached hydrogens (tertiary/aromatic N) is 3. The van der Waals surface area contributed by atoms with Crippen LogP contribution in [0.4, 0.5) is 5.95 Å². The predicted molar refractivity (Wildman–Crippen MR) is 82.9 cm³/mol. The van der Waals surface area contributed by atoms with Crippen LogP contribution in [0.15, 0.2) is 12.4 Å². The molecule has 126 valence electrons. The zero-order valence-corrected chi connectivity index (χ0v) is 13.6. The number of anilines is 1. The monoisotopic (exact) mass is 322 g/mol. The highest BCUT2D eigenvalue weighted by molar-refractivity contribution is 5.86. The molecule has 0 aliphatic carbocycles. The van der Waals surface area contributed by atoms with Crippen molar-refractivity contribution in [3.8, 4) is 0 Å². The van der Waals surface area contributed by atoms with Crippen molar-refractivity contribution < 1.29 is 19.5 Å². The second-order valence-corrected chi connectivity index (χ2v) is 6.52. The summed E-state index contributed by atoms with van der Waals surface area (Å²) in [7, 11) is 0. The number of carboxylic acids is 1. The first kappa shape index (κ1) is 17.1. The lowest BCUT2D eigenvalue weighted by Gasteiger charge is -2.31. The van der Waals surface area contributed by atoms with E-state index in [9.17, 15) is 9.59 Å². The Kier molecular flexibility index (Phi) is 5.15. The van der Waals surface area contributed by atoms with Gasteiger partial charge in [-0.15, -0.1) is 0 Å². The molecule has 0 atom stereocenters. The van der Waals surface area contributed by atoms with Crippen molar-refractivity contribution in [3.63, 3.8) is 0 Å². The van der Waals surface area contributed by atoms with E-state index in [1.165, 1.54) is 12.4 Å². The van der Waals surface area contributed by atoms with Gasteiger partial charge in [0.05, 0.1) is 11.2 Å². The minimum atomic E-state index is -1.05. The first-order valence-corrected chi connectivity index (χ1v) is 7.54. The van der Waals surface area contributed by atoms with E-state index in [0.29, 0.717) is 31.9 Å². The molecule has 0 bridgehead atoms. The Hall–Kier alpha value is -2.22. The predicted octanol–water partition coefficient (Wildman–Crippen LogP) is 1.24. The van der Waals surface area contributed by atoms with Crippen molar-refractivity contribution in [2.24, 2.45) is 5.92 Å². The summed E-state index contributed by atoms with van der Waals surface area (Å²) < 4.78 is 0. The molecule has 1 amide bonds. The Balaban J connectivity index is 1.86. The molecule has 0 aromatic carbocycles. The fourth-order valence-corrected chi connectivity index (χ4v) is 2.22. The Labute approximate surface area is 134 Å². The van der Waals surface area contributed by atoms with Gasteiger partial charge in [0.1, 0.15) is 0 Å². The number of hydrogen-bond donors (Lipinski definition) is 2. The third kappa shape index (κ3) is 4.88. The van der Waals surface area contributed by atoms with Crippen LogP contribution in [0.2, 0.25) is 0 Å². The summed E-state index contributed by atoms with van der Waals surface area (Å²) >= 11 is 0. The van der Waals surface area contributed by atoms with E-state index >= 15 is 0 Å². The summed E-state index contributed by atoms with van der Waals surface area (Å²) in [6.45, 7) is 6.88. The highest BCUT2D eigenvalue weighted by Crippen LogP contribution is 2.21. The molecule has 1 aromatic heterocycles. The standard InChI is InChI=1S/C15H22N4O4/c1-15(2,3)23-18-12(20)10-4-6-19(7-5-10)14-16-8-11(9-17-14)13(21)22/h8-10H,4-7H2,1-3H3,(H,18,20)(H,21,22). The van der Waals surface area contributed by atoms with Gasteiger partial charge in [-0.3, -0.25) is 9.63 Å². The van der Waals surface area contributed by atoms with Crippen LogP contribution >= 0.6 is 0 Å². The number of carbonyl (C=O) groups is 2. The molecule has 0 saturated carbocycles. The third-order valence-electron chi connectivity index (χ3n) is 3.49. The molecule has 2 rings (SSSR count). The summed E-state index contributed by atoms with van der Waals surface area (Å²) in [5.74, 6) is -0.779. The van der Waals surface area contributed by atoms with E-state index in [0.717, 1.165) is 0 Å². The lowest BCUT2D eigenvalue weighted by atomic mass is 9.96. The second kappa shape index (κ2) is 6.91. The molecule has 1 aliphatic heterocycles. The summed E-state index contributed by atoms with van der Waals surface area (Å²) in [5.41, 5.74) is 2.15. The van der Waals surface area contributed by atoms with Crippen LogP contribution in [0.5, 0.6) is 0 Å². The van der Waals surface area contributed by atoms with Crippen molar-refractivity contribution >= 4 is 17.8 Å². The molecule has 1 aliphatic rings. The van der Waals surface area contributed by atoms with Crippen LogP contribution in [-0.4, -0.2) is 45.6 Å². The first-order chi connectivity index (χ1) is 10.8. The summed E-state index contributed by atoms with van der Waals surface area (Å²) in [6, 6.07) is 0. The number of hydrogen-bond acceptors (Lipinski definition) is 6. The number of carboxylic acid groups (broad SMARTS) is 1. The smallest absolute Gasteiger partial charge is 0.338 e. The van der Waals surface area contributed by atoms with Crippen molar-refractivity contribution in [1.82, 2.24) is 15.4 Å². The number of aromatic carboxylic acids is 1. The number of aromatic nitrogens is 2. The van der Waals surface area contributed by atoms with E-state index < -0.39 is 11.6 Å². The van der Waals surface area contributed by atoms with E-state index in [1.54, 1.807) is 0 Å². The average molecular weight is 322 g/mol. The number of carbonyl (C=O) groups excluding carboxylic acids is 1. The largest absolute Gasteiger partial charge is 0.478 e. The van der Waals surface area contributed by atoms with E-state index in [1.807, 2.05) is 25.7 Å². The summed E-state index contributed by atoms with van der Waals surface area (Å²) in [5, 5.41) is 8.84. The van der Waals surface area contributed by atoms with Crippen LogP contribution in [0.3, 0.4) is 0 Å². The lowest BCUT2D eigenvalue weighted by Crippen LogP contribution is -2.43. The summed E-state index contributed by atoms with van der Waals surface area (Å²) in [4.78, 5) is 38.2. The van der Waals surface area contributed by atoms with Crippen LogP contribution in [0.1, 0.15) is 44.0 Å². The van der Waals surface area contributed by atoms with E-state index in [-0.39, 0.29) is 17.4 Å². The van der Waals surface area contributed by atoms with Gasteiger partial charge in [-0.05, 0) is 33.6 Å². The molecule has 0 unspecified atom stereocenters. The number of piperidine rings is 1. The van der Waals surface area contributed by atoms with Crippen LogP contribution in [-0.2, 0) is 9.63 Å². The van der Waals surface area contributed by atoms with Crippen LogP contribution in [0.25, 0.3) is 0 Å². The minimum Gasteiger partial charge on any atom is -0.478 e. The Morgan fingerprint density at radius 3 is 2.30 bits per heavy atom. The molecular formula is C15H22N4O4. The van der Waals surface area contributed by atoms with Crippen LogP contribution in [0, 0.1) is 5.92 Å². The van der Waals surface area contributed by atoms with Crippen LogP contribution < -0.4 is 10.4 Å². The Morgan fingerprint density at radius 2 is 1.83 bits per heavy atom. The van der Waals surface area contributed by atoms with E-state index in [4.69, 9.17) is 9.94 Å². The highest BCUT2D eigenvalue weighted by atomic mass is 16.7. The van der Waals surface area contributed by atoms with Crippen molar-refractivity contribution in [1.29, 1.82) is 0 Å². The maximum Gasteiger partial charge on any atom is 0.338 e. The Bertz CT molecular complexity index is 560. The third-order valence-corrected chi connectivity index (χ3v) is 3.49. The van der Waals surface area contributed by atoms with Gasteiger partial charge in [-0.2, -0.15) is 0 Å². The van der Waals surface area contributed by atoms with Gasteiger partial charge in [-0.25, -0.2) is 20.2 Å². The molecule has 0 spiro atoms.